The smallest absolute Gasteiger partial charge is 0.248 e. The molecule has 0 radical (unpaired) electrons. The van der Waals surface area contributed by atoms with Gasteiger partial charge in [0, 0.05) is 23.8 Å². The predicted molar refractivity (Wildman–Crippen MR) is 66.3 cm³/mol. The molecule has 4 heteroatoms. The number of rotatable bonds is 5. The Morgan fingerprint density at radius 2 is 1.88 bits per heavy atom. The second-order valence-corrected chi connectivity index (χ2v) is 4.23. The van der Waals surface area contributed by atoms with Crippen molar-refractivity contribution in [3.05, 3.63) is 29.8 Å². The first-order valence-electron chi connectivity index (χ1n) is 5.40. The summed E-state index contributed by atoms with van der Waals surface area (Å²) < 4.78 is 0. The van der Waals surface area contributed by atoms with E-state index in [1.165, 1.54) is 0 Å². The molecule has 4 nitrogen and oxygen atoms in total. The standard InChI is InChI=1S/C12H19N3O/c1-8(2)11(13)7-15-10-5-3-9(4-6-10)12(14)16/h3-6,8,11,15H,7,13H2,1-2H3,(H2,14,16)/t11-/m1/s1. The van der Waals surface area contributed by atoms with Crippen LogP contribution in [-0.4, -0.2) is 18.5 Å². The van der Waals surface area contributed by atoms with Crippen molar-refractivity contribution in [3.8, 4) is 0 Å². The lowest BCUT2D eigenvalue weighted by molar-refractivity contribution is 0.100. The maximum atomic E-state index is 10.8. The minimum atomic E-state index is -0.412. The summed E-state index contributed by atoms with van der Waals surface area (Å²) >= 11 is 0. The van der Waals surface area contributed by atoms with Crippen molar-refractivity contribution in [2.75, 3.05) is 11.9 Å². The Hall–Kier alpha value is -1.55. The van der Waals surface area contributed by atoms with Gasteiger partial charge in [-0.15, -0.1) is 0 Å². The van der Waals surface area contributed by atoms with Gasteiger partial charge in [-0.2, -0.15) is 0 Å². The monoisotopic (exact) mass is 221 g/mol. The maximum Gasteiger partial charge on any atom is 0.248 e. The highest BCUT2D eigenvalue weighted by atomic mass is 16.1. The van der Waals surface area contributed by atoms with E-state index in [4.69, 9.17) is 11.5 Å². The van der Waals surface area contributed by atoms with Gasteiger partial charge in [0.1, 0.15) is 0 Å². The highest BCUT2D eigenvalue weighted by molar-refractivity contribution is 5.93. The molecule has 0 unspecified atom stereocenters. The Bertz CT molecular complexity index is 346. The SMILES string of the molecule is CC(C)[C@H](N)CNc1ccc(C(N)=O)cc1. The van der Waals surface area contributed by atoms with E-state index in [1.807, 2.05) is 12.1 Å². The molecule has 0 aromatic heterocycles. The van der Waals surface area contributed by atoms with Gasteiger partial charge in [0.2, 0.25) is 5.91 Å². The molecule has 0 heterocycles. The topological polar surface area (TPSA) is 81.1 Å². The van der Waals surface area contributed by atoms with Crippen LogP contribution in [0.3, 0.4) is 0 Å². The molecule has 1 aromatic rings. The molecule has 1 atom stereocenters. The van der Waals surface area contributed by atoms with E-state index in [2.05, 4.69) is 19.2 Å². The number of carbonyl (C=O) groups excluding carboxylic acids is 1. The molecule has 0 aliphatic heterocycles. The van der Waals surface area contributed by atoms with E-state index in [9.17, 15) is 4.79 Å². The molecular formula is C12H19N3O. The first-order valence-corrected chi connectivity index (χ1v) is 5.40. The summed E-state index contributed by atoms with van der Waals surface area (Å²) in [4.78, 5) is 10.8. The first kappa shape index (κ1) is 12.5. The molecule has 0 spiro atoms. The number of primary amides is 1. The second kappa shape index (κ2) is 5.51. The Balaban J connectivity index is 2.53. The normalized spacial score (nSPS) is 12.5. The number of nitrogens with two attached hydrogens (primary N) is 2. The van der Waals surface area contributed by atoms with Gasteiger partial charge in [0.25, 0.3) is 0 Å². The van der Waals surface area contributed by atoms with Crippen molar-refractivity contribution in [2.45, 2.75) is 19.9 Å². The molecule has 88 valence electrons. The summed E-state index contributed by atoms with van der Waals surface area (Å²) in [6, 6.07) is 7.17. The molecule has 5 N–H and O–H groups in total. The largest absolute Gasteiger partial charge is 0.383 e. The molecule has 16 heavy (non-hydrogen) atoms. The molecule has 1 aromatic carbocycles. The van der Waals surface area contributed by atoms with Crippen molar-refractivity contribution in [1.29, 1.82) is 0 Å². The van der Waals surface area contributed by atoms with Crippen LogP contribution < -0.4 is 16.8 Å². The van der Waals surface area contributed by atoms with Crippen LogP contribution in [0.2, 0.25) is 0 Å². The van der Waals surface area contributed by atoms with E-state index < -0.39 is 5.91 Å². The van der Waals surface area contributed by atoms with Crippen LogP contribution in [-0.2, 0) is 0 Å². The first-order chi connectivity index (χ1) is 7.50. The second-order valence-electron chi connectivity index (χ2n) is 4.23. The third-order valence-corrected chi connectivity index (χ3v) is 2.57. The predicted octanol–water partition coefficient (Wildman–Crippen LogP) is 1.18. The van der Waals surface area contributed by atoms with E-state index in [-0.39, 0.29) is 6.04 Å². The fraction of sp³-hybridized carbons (Fsp3) is 0.417. The van der Waals surface area contributed by atoms with Crippen LogP contribution >= 0.6 is 0 Å². The molecule has 0 aliphatic carbocycles. The molecule has 0 saturated heterocycles. The minimum absolute atomic E-state index is 0.121. The number of carbonyl (C=O) groups is 1. The van der Waals surface area contributed by atoms with Crippen molar-refractivity contribution in [2.24, 2.45) is 17.4 Å². The van der Waals surface area contributed by atoms with Crippen LogP contribution in [0.25, 0.3) is 0 Å². The quantitative estimate of drug-likeness (QED) is 0.698. The lowest BCUT2D eigenvalue weighted by Gasteiger charge is -2.16. The van der Waals surface area contributed by atoms with E-state index in [0.717, 1.165) is 5.69 Å². The zero-order valence-electron chi connectivity index (χ0n) is 9.73. The molecule has 1 amide bonds. The molecule has 1 rings (SSSR count). The molecule has 0 fully saturated rings. The summed E-state index contributed by atoms with van der Waals surface area (Å²) in [6.45, 7) is 4.89. The average molecular weight is 221 g/mol. The summed E-state index contributed by atoms with van der Waals surface area (Å²) in [5, 5.41) is 3.21. The van der Waals surface area contributed by atoms with Gasteiger partial charge in [-0.3, -0.25) is 4.79 Å². The Morgan fingerprint density at radius 1 is 1.31 bits per heavy atom. The van der Waals surface area contributed by atoms with E-state index in [0.29, 0.717) is 18.0 Å². The Kier molecular flexibility index (Phi) is 4.31. The lowest BCUT2D eigenvalue weighted by Crippen LogP contribution is -2.33. The van der Waals surface area contributed by atoms with Crippen LogP contribution in [0.1, 0.15) is 24.2 Å². The van der Waals surface area contributed by atoms with Crippen molar-refractivity contribution in [3.63, 3.8) is 0 Å². The summed E-state index contributed by atoms with van der Waals surface area (Å²) in [5.74, 6) is 0.0304. The Labute approximate surface area is 96.0 Å². The highest BCUT2D eigenvalue weighted by Crippen LogP contribution is 2.09. The van der Waals surface area contributed by atoms with E-state index in [1.54, 1.807) is 12.1 Å². The third kappa shape index (κ3) is 3.55. The molecular weight excluding hydrogens is 202 g/mol. The van der Waals surface area contributed by atoms with Crippen LogP contribution in [0.15, 0.2) is 24.3 Å². The summed E-state index contributed by atoms with van der Waals surface area (Å²) in [7, 11) is 0. The van der Waals surface area contributed by atoms with Gasteiger partial charge in [0.05, 0.1) is 0 Å². The summed E-state index contributed by atoms with van der Waals surface area (Å²) in [5.41, 5.74) is 12.5. The van der Waals surface area contributed by atoms with Gasteiger partial charge in [0.15, 0.2) is 0 Å². The molecule has 0 saturated carbocycles. The van der Waals surface area contributed by atoms with E-state index >= 15 is 0 Å². The fourth-order valence-corrected chi connectivity index (χ4v) is 1.22. The minimum Gasteiger partial charge on any atom is -0.383 e. The van der Waals surface area contributed by atoms with Gasteiger partial charge < -0.3 is 16.8 Å². The number of benzene rings is 1. The summed E-state index contributed by atoms with van der Waals surface area (Å²) in [6.07, 6.45) is 0. The molecule has 0 bridgehead atoms. The average Bonchev–Trinajstić information content (AvgIpc) is 2.26. The number of hydrogen-bond acceptors (Lipinski definition) is 3. The van der Waals surface area contributed by atoms with Crippen LogP contribution in [0.4, 0.5) is 5.69 Å². The van der Waals surface area contributed by atoms with Crippen LogP contribution in [0, 0.1) is 5.92 Å². The number of nitrogens with one attached hydrogen (secondary N) is 1. The Morgan fingerprint density at radius 3 is 2.31 bits per heavy atom. The number of hydrogen-bond donors (Lipinski definition) is 3. The fourth-order valence-electron chi connectivity index (χ4n) is 1.22. The maximum absolute atomic E-state index is 10.8. The van der Waals surface area contributed by atoms with Gasteiger partial charge in [-0.1, -0.05) is 13.8 Å². The zero-order chi connectivity index (χ0) is 12.1. The number of amides is 1. The molecule has 0 aliphatic rings. The number of anilines is 1. The third-order valence-electron chi connectivity index (χ3n) is 2.57. The van der Waals surface area contributed by atoms with Crippen molar-refractivity contribution in [1.82, 2.24) is 0 Å². The zero-order valence-corrected chi connectivity index (χ0v) is 9.73. The highest BCUT2D eigenvalue weighted by Gasteiger charge is 2.06. The lowest BCUT2D eigenvalue weighted by atomic mass is 10.1. The van der Waals surface area contributed by atoms with Crippen LogP contribution in [0.5, 0.6) is 0 Å². The van der Waals surface area contributed by atoms with Crippen molar-refractivity contribution >= 4 is 11.6 Å². The van der Waals surface area contributed by atoms with Gasteiger partial charge in [-0.05, 0) is 30.2 Å². The van der Waals surface area contributed by atoms with Gasteiger partial charge in [-0.25, -0.2) is 0 Å². The van der Waals surface area contributed by atoms with Gasteiger partial charge >= 0.3 is 0 Å². The van der Waals surface area contributed by atoms with Crippen molar-refractivity contribution < 1.29 is 4.79 Å².